The molecule has 0 bridgehead atoms. The Labute approximate surface area is 108 Å². The van der Waals surface area contributed by atoms with Crippen LogP contribution in [0.5, 0.6) is 0 Å². The first-order valence-electron chi connectivity index (χ1n) is 6.75. The lowest BCUT2D eigenvalue weighted by Crippen LogP contribution is -2.44. The van der Waals surface area contributed by atoms with E-state index in [0.29, 0.717) is 18.9 Å². The van der Waals surface area contributed by atoms with Crippen LogP contribution in [0.15, 0.2) is 22.8 Å². The van der Waals surface area contributed by atoms with Gasteiger partial charge in [-0.05, 0) is 31.5 Å². The number of aryl methyl sites for hydroxylation is 1. The van der Waals surface area contributed by atoms with Crippen molar-refractivity contribution in [3.8, 4) is 0 Å². The highest BCUT2D eigenvalue weighted by Crippen LogP contribution is 2.09. The summed E-state index contributed by atoms with van der Waals surface area (Å²) in [6.45, 7) is 1.90. The summed E-state index contributed by atoms with van der Waals surface area (Å²) in [6, 6.07) is 4.24. The maximum atomic E-state index is 12.0. The van der Waals surface area contributed by atoms with E-state index in [1.807, 2.05) is 24.1 Å². The number of nitrogens with one attached hydrogen (secondary N) is 1. The maximum absolute atomic E-state index is 12.0. The lowest BCUT2D eigenvalue weighted by atomic mass is 10.0. The number of nitrogens with zero attached hydrogens (tertiary/aromatic N) is 1. The SMILES string of the molecule is CN(CC1CCCCN1)C(=O)CCc1ccco1. The Kier molecular flexibility index (Phi) is 4.81. The average molecular weight is 250 g/mol. The molecule has 4 heteroatoms. The number of carbonyl (C=O) groups is 1. The Bertz CT molecular complexity index is 356. The van der Waals surface area contributed by atoms with Gasteiger partial charge in [-0.3, -0.25) is 4.79 Å². The van der Waals surface area contributed by atoms with Gasteiger partial charge in [0.05, 0.1) is 6.26 Å². The van der Waals surface area contributed by atoms with E-state index in [0.717, 1.165) is 18.8 Å². The van der Waals surface area contributed by atoms with Crippen LogP contribution < -0.4 is 5.32 Å². The monoisotopic (exact) mass is 250 g/mol. The Hall–Kier alpha value is -1.29. The third-order valence-electron chi connectivity index (χ3n) is 3.50. The van der Waals surface area contributed by atoms with Crippen LogP contribution >= 0.6 is 0 Å². The standard InChI is InChI=1S/C14H22N2O2/c1-16(11-12-5-2-3-9-15-12)14(17)8-7-13-6-4-10-18-13/h4,6,10,12,15H,2-3,5,7-9,11H2,1H3. The number of amides is 1. The van der Waals surface area contributed by atoms with Gasteiger partial charge in [0, 0.05) is 32.5 Å². The molecule has 1 atom stereocenters. The average Bonchev–Trinajstić information content (AvgIpc) is 2.90. The van der Waals surface area contributed by atoms with Gasteiger partial charge < -0.3 is 14.6 Å². The largest absolute Gasteiger partial charge is 0.469 e. The Morgan fingerprint density at radius 1 is 1.56 bits per heavy atom. The smallest absolute Gasteiger partial charge is 0.222 e. The molecule has 0 aromatic carbocycles. The Morgan fingerprint density at radius 2 is 2.44 bits per heavy atom. The number of furan rings is 1. The van der Waals surface area contributed by atoms with Gasteiger partial charge in [-0.15, -0.1) is 0 Å². The number of hydrogen-bond acceptors (Lipinski definition) is 3. The van der Waals surface area contributed by atoms with E-state index in [4.69, 9.17) is 4.42 Å². The zero-order valence-corrected chi connectivity index (χ0v) is 11.0. The molecule has 2 heterocycles. The molecule has 4 nitrogen and oxygen atoms in total. The van der Waals surface area contributed by atoms with Gasteiger partial charge in [-0.1, -0.05) is 6.42 Å². The van der Waals surface area contributed by atoms with Gasteiger partial charge in [0.15, 0.2) is 0 Å². The summed E-state index contributed by atoms with van der Waals surface area (Å²) < 4.78 is 5.23. The summed E-state index contributed by atoms with van der Waals surface area (Å²) in [5.74, 6) is 1.08. The molecule has 1 N–H and O–H groups in total. The molecule has 1 aromatic heterocycles. The van der Waals surface area contributed by atoms with Gasteiger partial charge >= 0.3 is 0 Å². The van der Waals surface area contributed by atoms with Crippen molar-refractivity contribution in [2.75, 3.05) is 20.1 Å². The molecule has 18 heavy (non-hydrogen) atoms. The summed E-state index contributed by atoms with van der Waals surface area (Å²) in [5.41, 5.74) is 0. The predicted octanol–water partition coefficient (Wildman–Crippen LogP) is 1.81. The van der Waals surface area contributed by atoms with Crippen molar-refractivity contribution in [3.63, 3.8) is 0 Å². The maximum Gasteiger partial charge on any atom is 0.222 e. The second kappa shape index (κ2) is 6.59. The molecule has 2 rings (SSSR count). The molecule has 100 valence electrons. The first kappa shape index (κ1) is 13.1. The predicted molar refractivity (Wildman–Crippen MR) is 70.3 cm³/mol. The van der Waals surface area contributed by atoms with Crippen LogP contribution in [0.25, 0.3) is 0 Å². The second-order valence-electron chi connectivity index (χ2n) is 5.00. The molecular weight excluding hydrogens is 228 g/mol. The van der Waals surface area contributed by atoms with Gasteiger partial charge in [0.2, 0.25) is 5.91 Å². The first-order chi connectivity index (χ1) is 8.75. The fourth-order valence-electron chi connectivity index (χ4n) is 2.39. The van der Waals surface area contributed by atoms with E-state index in [1.165, 1.54) is 19.3 Å². The fraction of sp³-hybridized carbons (Fsp3) is 0.643. The van der Waals surface area contributed by atoms with Crippen molar-refractivity contribution in [2.24, 2.45) is 0 Å². The van der Waals surface area contributed by atoms with E-state index in [1.54, 1.807) is 6.26 Å². The highest BCUT2D eigenvalue weighted by Gasteiger charge is 2.17. The van der Waals surface area contributed by atoms with E-state index in [2.05, 4.69) is 5.32 Å². The number of likely N-dealkylation sites (N-methyl/N-ethyl adjacent to an activating group) is 1. The molecule has 0 aliphatic carbocycles. The summed E-state index contributed by atoms with van der Waals surface area (Å²) in [5, 5.41) is 3.46. The molecule has 1 amide bonds. The lowest BCUT2D eigenvalue weighted by molar-refractivity contribution is -0.130. The molecule has 0 spiro atoms. The summed E-state index contributed by atoms with van der Waals surface area (Å²) in [6.07, 6.45) is 6.56. The summed E-state index contributed by atoms with van der Waals surface area (Å²) in [7, 11) is 1.89. The number of piperidine rings is 1. The third kappa shape index (κ3) is 3.88. The van der Waals surface area contributed by atoms with Crippen molar-refractivity contribution in [1.82, 2.24) is 10.2 Å². The van der Waals surface area contributed by atoms with Crippen molar-refractivity contribution in [2.45, 2.75) is 38.1 Å². The molecule has 1 aliphatic heterocycles. The van der Waals surface area contributed by atoms with Crippen LogP contribution in [0.3, 0.4) is 0 Å². The molecule has 0 radical (unpaired) electrons. The van der Waals surface area contributed by atoms with E-state index < -0.39 is 0 Å². The van der Waals surface area contributed by atoms with Crippen LogP contribution in [-0.4, -0.2) is 37.0 Å². The first-order valence-corrected chi connectivity index (χ1v) is 6.75. The molecule has 1 saturated heterocycles. The van der Waals surface area contributed by atoms with Crippen LogP contribution in [0.2, 0.25) is 0 Å². The van der Waals surface area contributed by atoms with E-state index in [-0.39, 0.29) is 5.91 Å². The second-order valence-corrected chi connectivity index (χ2v) is 5.00. The van der Waals surface area contributed by atoms with Crippen molar-refractivity contribution in [1.29, 1.82) is 0 Å². The fourth-order valence-corrected chi connectivity index (χ4v) is 2.39. The number of carbonyl (C=O) groups excluding carboxylic acids is 1. The zero-order valence-electron chi connectivity index (χ0n) is 11.0. The van der Waals surface area contributed by atoms with E-state index >= 15 is 0 Å². The van der Waals surface area contributed by atoms with Crippen LogP contribution in [0, 0.1) is 0 Å². The Morgan fingerprint density at radius 3 is 3.11 bits per heavy atom. The van der Waals surface area contributed by atoms with Gasteiger partial charge in [-0.2, -0.15) is 0 Å². The van der Waals surface area contributed by atoms with Crippen molar-refractivity contribution < 1.29 is 9.21 Å². The van der Waals surface area contributed by atoms with Gasteiger partial charge in [0.1, 0.15) is 5.76 Å². The molecular formula is C14H22N2O2. The lowest BCUT2D eigenvalue weighted by Gasteiger charge is -2.28. The van der Waals surface area contributed by atoms with Gasteiger partial charge in [-0.25, -0.2) is 0 Å². The molecule has 1 aromatic rings. The summed E-state index contributed by atoms with van der Waals surface area (Å²) in [4.78, 5) is 13.8. The van der Waals surface area contributed by atoms with Gasteiger partial charge in [0.25, 0.3) is 0 Å². The summed E-state index contributed by atoms with van der Waals surface area (Å²) >= 11 is 0. The van der Waals surface area contributed by atoms with Crippen LogP contribution in [0.4, 0.5) is 0 Å². The minimum Gasteiger partial charge on any atom is -0.469 e. The molecule has 1 fully saturated rings. The highest BCUT2D eigenvalue weighted by molar-refractivity contribution is 5.76. The zero-order chi connectivity index (χ0) is 12.8. The number of hydrogen-bond donors (Lipinski definition) is 1. The minimum atomic E-state index is 0.193. The topological polar surface area (TPSA) is 45.5 Å². The highest BCUT2D eigenvalue weighted by atomic mass is 16.3. The quantitative estimate of drug-likeness (QED) is 0.867. The van der Waals surface area contributed by atoms with Crippen LogP contribution in [-0.2, 0) is 11.2 Å². The molecule has 0 saturated carbocycles. The van der Waals surface area contributed by atoms with E-state index in [9.17, 15) is 4.79 Å². The number of rotatable bonds is 5. The van der Waals surface area contributed by atoms with Crippen LogP contribution in [0.1, 0.15) is 31.4 Å². The normalized spacial score (nSPS) is 19.7. The van der Waals surface area contributed by atoms with Crippen molar-refractivity contribution in [3.05, 3.63) is 24.2 Å². The third-order valence-corrected chi connectivity index (χ3v) is 3.50. The van der Waals surface area contributed by atoms with Crippen molar-refractivity contribution >= 4 is 5.91 Å². The molecule has 1 unspecified atom stereocenters. The minimum absolute atomic E-state index is 0.193. The molecule has 1 aliphatic rings. The Balaban J connectivity index is 1.70.